The third kappa shape index (κ3) is 12.8. The van der Waals surface area contributed by atoms with Gasteiger partial charge in [-0.3, -0.25) is 4.79 Å². The predicted octanol–water partition coefficient (Wildman–Crippen LogP) is 6.40. The second kappa shape index (κ2) is 18.0. The summed E-state index contributed by atoms with van der Waals surface area (Å²) in [6, 6.07) is 9.46. The fourth-order valence-electron chi connectivity index (χ4n) is 4.10. The first-order valence-corrected chi connectivity index (χ1v) is 13.5. The first-order valence-electron chi connectivity index (χ1n) is 13.5. The van der Waals surface area contributed by atoms with Gasteiger partial charge in [-0.15, -0.1) is 0 Å². The summed E-state index contributed by atoms with van der Waals surface area (Å²) in [5.74, 6) is -0.888. The number of aliphatic hydroxyl groups excluding tert-OH is 1. The molecule has 196 valence electrons. The summed E-state index contributed by atoms with van der Waals surface area (Å²) < 4.78 is 15.8. The van der Waals surface area contributed by atoms with E-state index in [0.717, 1.165) is 24.8 Å². The second-order valence-corrected chi connectivity index (χ2v) is 9.42. The van der Waals surface area contributed by atoms with Gasteiger partial charge in [0.15, 0.2) is 6.10 Å². The van der Waals surface area contributed by atoms with E-state index in [4.69, 9.17) is 14.2 Å². The molecule has 1 aliphatic heterocycles. The fourth-order valence-corrected chi connectivity index (χ4v) is 4.10. The molecule has 1 heterocycles. The summed E-state index contributed by atoms with van der Waals surface area (Å²) >= 11 is 0. The molecular formula is C29H44O6. The summed E-state index contributed by atoms with van der Waals surface area (Å²) in [7, 11) is 0. The van der Waals surface area contributed by atoms with Crippen molar-refractivity contribution in [1.82, 2.24) is 0 Å². The molecule has 0 amide bonds. The van der Waals surface area contributed by atoms with Crippen molar-refractivity contribution in [2.75, 3.05) is 6.61 Å². The number of benzene rings is 1. The average molecular weight is 489 g/mol. The Bertz CT molecular complexity index is 745. The molecule has 0 spiro atoms. The molecule has 0 aliphatic carbocycles. The summed E-state index contributed by atoms with van der Waals surface area (Å²) in [5.41, 5.74) is 0.923. The van der Waals surface area contributed by atoms with Crippen molar-refractivity contribution in [3.8, 4) is 0 Å². The maximum Gasteiger partial charge on any atom is 0.374 e. The molecular weight excluding hydrogens is 444 g/mol. The van der Waals surface area contributed by atoms with Gasteiger partial charge in [-0.2, -0.15) is 0 Å². The molecule has 1 aliphatic rings. The number of unbranched alkanes of at least 4 members (excludes halogenated alkanes) is 12. The van der Waals surface area contributed by atoms with Crippen LogP contribution in [-0.4, -0.2) is 35.9 Å². The van der Waals surface area contributed by atoms with Crippen LogP contribution in [0.4, 0.5) is 0 Å². The Kier molecular flexibility index (Phi) is 14.9. The molecule has 0 aromatic heterocycles. The van der Waals surface area contributed by atoms with Crippen LogP contribution in [0.2, 0.25) is 0 Å². The van der Waals surface area contributed by atoms with Gasteiger partial charge < -0.3 is 19.3 Å². The quantitative estimate of drug-likeness (QED) is 0.169. The lowest BCUT2D eigenvalue weighted by Crippen LogP contribution is -2.31. The van der Waals surface area contributed by atoms with Crippen LogP contribution in [0.5, 0.6) is 0 Å². The molecule has 1 aromatic rings. The van der Waals surface area contributed by atoms with Gasteiger partial charge in [0.05, 0.1) is 0 Å². The van der Waals surface area contributed by atoms with E-state index in [-0.39, 0.29) is 24.9 Å². The Balaban J connectivity index is 1.46. The van der Waals surface area contributed by atoms with Crippen LogP contribution in [0.25, 0.3) is 0 Å². The van der Waals surface area contributed by atoms with Crippen molar-refractivity contribution >= 4 is 11.9 Å². The van der Waals surface area contributed by atoms with Gasteiger partial charge in [0.1, 0.15) is 19.3 Å². The number of hydrogen-bond acceptors (Lipinski definition) is 6. The number of cyclic esters (lactones) is 1. The molecule has 0 bridgehead atoms. The van der Waals surface area contributed by atoms with E-state index in [1.807, 2.05) is 30.3 Å². The van der Waals surface area contributed by atoms with Crippen LogP contribution in [-0.2, 0) is 30.4 Å². The molecule has 35 heavy (non-hydrogen) atoms. The molecule has 1 N–H and O–H groups in total. The molecule has 0 fully saturated rings. The van der Waals surface area contributed by atoms with Crippen molar-refractivity contribution in [3.05, 3.63) is 47.7 Å². The van der Waals surface area contributed by atoms with Crippen molar-refractivity contribution in [2.24, 2.45) is 0 Å². The van der Waals surface area contributed by atoms with Crippen LogP contribution in [0.3, 0.4) is 0 Å². The Morgan fingerprint density at radius 1 is 0.914 bits per heavy atom. The molecule has 2 rings (SSSR count). The normalized spacial score (nSPS) is 16.0. The number of esters is 2. The SMILES string of the molecule is CCCCCCCCCCCCCCCC(=O)OCC(O)C1C=C(OCc2ccccc2)C(=O)O1. The minimum Gasteiger partial charge on any atom is -0.482 e. The maximum absolute atomic E-state index is 12.0. The number of ether oxygens (including phenoxy) is 3. The lowest BCUT2D eigenvalue weighted by atomic mass is 10.0. The first-order chi connectivity index (χ1) is 17.1. The monoisotopic (exact) mass is 488 g/mol. The Morgan fingerprint density at radius 2 is 1.49 bits per heavy atom. The fraction of sp³-hybridized carbons (Fsp3) is 0.655. The highest BCUT2D eigenvalue weighted by atomic mass is 16.6. The zero-order valence-electron chi connectivity index (χ0n) is 21.4. The van der Waals surface area contributed by atoms with E-state index < -0.39 is 18.2 Å². The Labute approximate surface area is 211 Å². The van der Waals surface area contributed by atoms with Crippen molar-refractivity contribution in [2.45, 2.75) is 116 Å². The molecule has 0 saturated carbocycles. The van der Waals surface area contributed by atoms with E-state index in [1.54, 1.807) is 0 Å². The lowest BCUT2D eigenvalue weighted by molar-refractivity contribution is -0.153. The van der Waals surface area contributed by atoms with Crippen LogP contribution < -0.4 is 0 Å². The van der Waals surface area contributed by atoms with Gasteiger partial charge >= 0.3 is 11.9 Å². The van der Waals surface area contributed by atoms with E-state index >= 15 is 0 Å². The second-order valence-electron chi connectivity index (χ2n) is 9.42. The molecule has 2 atom stereocenters. The average Bonchev–Trinajstić information content (AvgIpc) is 3.25. The van der Waals surface area contributed by atoms with E-state index in [2.05, 4.69) is 6.92 Å². The first kappa shape index (κ1) is 28.9. The molecule has 0 saturated heterocycles. The van der Waals surface area contributed by atoms with Gasteiger partial charge in [0.2, 0.25) is 5.76 Å². The van der Waals surface area contributed by atoms with Gasteiger partial charge in [0, 0.05) is 12.5 Å². The van der Waals surface area contributed by atoms with Crippen LogP contribution in [0.1, 0.15) is 102 Å². The van der Waals surface area contributed by atoms with Gasteiger partial charge in [0.25, 0.3) is 0 Å². The highest BCUT2D eigenvalue weighted by Gasteiger charge is 2.32. The predicted molar refractivity (Wildman–Crippen MR) is 136 cm³/mol. The van der Waals surface area contributed by atoms with Crippen LogP contribution >= 0.6 is 0 Å². The van der Waals surface area contributed by atoms with Crippen molar-refractivity contribution in [3.63, 3.8) is 0 Å². The van der Waals surface area contributed by atoms with E-state index in [1.165, 1.54) is 70.3 Å². The standard InChI is InChI=1S/C29H44O6/c1-2-3-4-5-6-7-8-9-10-11-12-13-17-20-28(31)34-23-25(30)26-21-27(29(32)35-26)33-22-24-18-15-14-16-19-24/h14-16,18-19,21,25-26,30H,2-13,17,20,22-23H2,1H3. The van der Waals surface area contributed by atoms with Crippen molar-refractivity contribution < 1.29 is 28.9 Å². The van der Waals surface area contributed by atoms with E-state index in [0.29, 0.717) is 6.42 Å². The topological polar surface area (TPSA) is 82.1 Å². The number of hydrogen-bond donors (Lipinski definition) is 1. The van der Waals surface area contributed by atoms with E-state index in [9.17, 15) is 14.7 Å². The summed E-state index contributed by atoms with van der Waals surface area (Å²) in [6.07, 6.45) is 16.1. The zero-order valence-corrected chi connectivity index (χ0v) is 21.4. The minimum atomic E-state index is -1.12. The van der Waals surface area contributed by atoms with Crippen LogP contribution in [0, 0.1) is 0 Å². The third-order valence-electron chi connectivity index (χ3n) is 6.28. The smallest absolute Gasteiger partial charge is 0.374 e. The summed E-state index contributed by atoms with van der Waals surface area (Å²) in [5, 5.41) is 10.2. The highest BCUT2D eigenvalue weighted by molar-refractivity contribution is 5.88. The molecule has 0 radical (unpaired) electrons. The number of aliphatic hydroxyl groups is 1. The van der Waals surface area contributed by atoms with Gasteiger partial charge in [-0.25, -0.2) is 4.79 Å². The third-order valence-corrected chi connectivity index (χ3v) is 6.28. The number of carbonyl (C=O) groups is 2. The molecule has 6 nitrogen and oxygen atoms in total. The minimum absolute atomic E-state index is 0.0659. The summed E-state index contributed by atoms with van der Waals surface area (Å²) in [6.45, 7) is 2.28. The molecule has 6 heteroatoms. The molecule has 2 unspecified atom stereocenters. The number of carbonyl (C=O) groups excluding carboxylic acids is 2. The Morgan fingerprint density at radius 3 is 2.09 bits per heavy atom. The molecule has 1 aromatic carbocycles. The largest absolute Gasteiger partial charge is 0.482 e. The maximum atomic E-state index is 12.0. The lowest BCUT2D eigenvalue weighted by Gasteiger charge is -2.15. The Hall–Kier alpha value is -2.34. The summed E-state index contributed by atoms with van der Waals surface area (Å²) in [4.78, 5) is 23.9. The van der Waals surface area contributed by atoms with Gasteiger partial charge in [-0.1, -0.05) is 114 Å². The van der Waals surface area contributed by atoms with Crippen LogP contribution in [0.15, 0.2) is 42.2 Å². The zero-order chi connectivity index (χ0) is 25.1. The highest BCUT2D eigenvalue weighted by Crippen LogP contribution is 2.20. The van der Waals surface area contributed by atoms with Gasteiger partial charge in [-0.05, 0) is 12.0 Å². The van der Waals surface area contributed by atoms with Crippen molar-refractivity contribution in [1.29, 1.82) is 0 Å². The number of rotatable bonds is 20.